The summed E-state index contributed by atoms with van der Waals surface area (Å²) in [5, 5.41) is 14.4. The molecule has 9 heteroatoms. The molecule has 172 valence electrons. The van der Waals surface area contributed by atoms with E-state index in [4.69, 9.17) is 9.47 Å². The molecule has 0 bridgehead atoms. The fourth-order valence-electron chi connectivity index (χ4n) is 4.10. The normalized spacial score (nSPS) is 21.4. The van der Waals surface area contributed by atoms with Crippen molar-refractivity contribution in [1.29, 1.82) is 0 Å². The molecule has 1 atom stereocenters. The first-order valence-electron chi connectivity index (χ1n) is 11.1. The number of aliphatic hydroxyl groups is 1. The quantitative estimate of drug-likeness (QED) is 0.622. The smallest absolute Gasteiger partial charge is 0.260 e. The monoisotopic (exact) mass is 441 g/mol. The summed E-state index contributed by atoms with van der Waals surface area (Å²) < 4.78 is 10.9. The molecule has 2 N–H and O–H groups in total. The molecule has 2 saturated heterocycles. The largest absolute Gasteiger partial charge is 0.484 e. The predicted octanol–water partition coefficient (Wildman–Crippen LogP) is 0.835. The van der Waals surface area contributed by atoms with E-state index >= 15 is 0 Å². The van der Waals surface area contributed by atoms with Crippen LogP contribution in [-0.4, -0.2) is 84.0 Å². The number of aromatic nitrogens is 2. The zero-order chi connectivity index (χ0) is 22.2. The molecule has 0 aliphatic carbocycles. The van der Waals surface area contributed by atoms with E-state index < -0.39 is 5.60 Å². The van der Waals surface area contributed by atoms with E-state index in [9.17, 15) is 9.90 Å². The summed E-state index contributed by atoms with van der Waals surface area (Å²) in [7, 11) is 0. The minimum atomic E-state index is -0.807. The van der Waals surface area contributed by atoms with Gasteiger partial charge in [-0.1, -0.05) is 12.1 Å². The molecule has 2 aliphatic heterocycles. The molecule has 1 aromatic carbocycles. The Morgan fingerprint density at radius 2 is 2.00 bits per heavy atom. The lowest BCUT2D eigenvalue weighted by molar-refractivity contribution is -0.137. The second-order valence-electron chi connectivity index (χ2n) is 8.34. The summed E-state index contributed by atoms with van der Waals surface area (Å²) in [4.78, 5) is 24.5. The molecule has 2 aromatic rings. The third-order valence-corrected chi connectivity index (χ3v) is 5.86. The highest BCUT2D eigenvalue weighted by molar-refractivity contribution is 5.77. The van der Waals surface area contributed by atoms with Crippen molar-refractivity contribution in [2.75, 3.05) is 57.4 Å². The van der Waals surface area contributed by atoms with Gasteiger partial charge in [0.1, 0.15) is 11.6 Å². The number of anilines is 1. The van der Waals surface area contributed by atoms with Gasteiger partial charge in [0.2, 0.25) is 0 Å². The van der Waals surface area contributed by atoms with Crippen molar-refractivity contribution < 1.29 is 19.4 Å². The fourth-order valence-corrected chi connectivity index (χ4v) is 4.10. The van der Waals surface area contributed by atoms with Crippen molar-refractivity contribution in [3.8, 4) is 5.75 Å². The average molecular weight is 442 g/mol. The second kappa shape index (κ2) is 10.7. The minimum absolute atomic E-state index is 0.0182. The van der Waals surface area contributed by atoms with Crippen LogP contribution in [-0.2, 0) is 16.1 Å². The fraction of sp³-hybridized carbons (Fsp3) is 0.522. The Labute approximate surface area is 188 Å². The Morgan fingerprint density at radius 3 is 2.75 bits per heavy atom. The van der Waals surface area contributed by atoms with Gasteiger partial charge in [0.05, 0.1) is 25.0 Å². The number of ether oxygens (including phenoxy) is 2. The Morgan fingerprint density at radius 1 is 1.19 bits per heavy atom. The lowest BCUT2D eigenvalue weighted by atomic mass is 9.92. The summed E-state index contributed by atoms with van der Waals surface area (Å²) in [5.74, 6) is 1.45. The Hall–Kier alpha value is -2.75. The van der Waals surface area contributed by atoms with E-state index in [-0.39, 0.29) is 12.5 Å². The standard InChI is InChI=1S/C23H31N5O4/c29-22(27-10-12-31-13-11-27)16-32-20-4-2-19(3-5-20)14-25-17-23(30)6-1-9-28(18-23)21-15-24-7-8-26-21/h2-5,7-8,15,25,30H,1,6,9-14,16-18H2/t23-/m0/s1. The van der Waals surface area contributed by atoms with Crippen LogP contribution in [0.1, 0.15) is 18.4 Å². The Balaban J connectivity index is 1.20. The van der Waals surface area contributed by atoms with Crippen molar-refractivity contribution >= 4 is 11.7 Å². The maximum Gasteiger partial charge on any atom is 0.260 e. The number of nitrogens with zero attached hydrogens (tertiary/aromatic N) is 4. The van der Waals surface area contributed by atoms with E-state index in [1.54, 1.807) is 23.5 Å². The van der Waals surface area contributed by atoms with Crippen LogP contribution in [0.5, 0.6) is 5.75 Å². The average Bonchev–Trinajstić information content (AvgIpc) is 2.84. The molecule has 0 unspecified atom stereocenters. The lowest BCUT2D eigenvalue weighted by Crippen LogP contribution is -2.53. The zero-order valence-corrected chi connectivity index (χ0v) is 18.3. The molecule has 2 aliphatic rings. The molecular weight excluding hydrogens is 410 g/mol. The molecule has 0 radical (unpaired) electrons. The number of hydrogen-bond acceptors (Lipinski definition) is 8. The van der Waals surface area contributed by atoms with Crippen molar-refractivity contribution in [3.05, 3.63) is 48.4 Å². The van der Waals surface area contributed by atoms with Gasteiger partial charge >= 0.3 is 0 Å². The van der Waals surface area contributed by atoms with Crippen LogP contribution in [0.25, 0.3) is 0 Å². The van der Waals surface area contributed by atoms with Gasteiger partial charge in [-0.15, -0.1) is 0 Å². The molecule has 2 fully saturated rings. The summed E-state index contributed by atoms with van der Waals surface area (Å²) in [6.45, 7) is 4.98. The molecule has 1 aromatic heterocycles. The van der Waals surface area contributed by atoms with Gasteiger partial charge in [0.15, 0.2) is 6.61 Å². The lowest BCUT2D eigenvalue weighted by Gasteiger charge is -2.39. The van der Waals surface area contributed by atoms with Crippen LogP contribution in [0, 0.1) is 0 Å². The third-order valence-electron chi connectivity index (χ3n) is 5.86. The first kappa shape index (κ1) is 22.4. The highest BCUT2D eigenvalue weighted by Gasteiger charge is 2.33. The number of nitrogens with one attached hydrogen (secondary N) is 1. The maximum atomic E-state index is 12.2. The third kappa shape index (κ3) is 6.15. The van der Waals surface area contributed by atoms with Crippen molar-refractivity contribution in [3.63, 3.8) is 0 Å². The first-order chi connectivity index (χ1) is 15.6. The van der Waals surface area contributed by atoms with Gasteiger partial charge in [-0.2, -0.15) is 0 Å². The number of carbonyl (C=O) groups is 1. The number of hydrogen-bond donors (Lipinski definition) is 2. The van der Waals surface area contributed by atoms with Crippen molar-refractivity contribution in [1.82, 2.24) is 20.2 Å². The van der Waals surface area contributed by atoms with E-state index in [0.717, 1.165) is 30.8 Å². The maximum absolute atomic E-state index is 12.2. The van der Waals surface area contributed by atoms with Crippen molar-refractivity contribution in [2.24, 2.45) is 0 Å². The molecular formula is C23H31N5O4. The summed E-state index contributed by atoms with van der Waals surface area (Å²) >= 11 is 0. The summed E-state index contributed by atoms with van der Waals surface area (Å²) in [6.07, 6.45) is 6.72. The van der Waals surface area contributed by atoms with Crippen LogP contribution in [0.4, 0.5) is 5.82 Å². The molecule has 1 amide bonds. The molecule has 0 spiro atoms. The van der Waals surface area contributed by atoms with E-state index in [1.165, 1.54) is 0 Å². The van der Waals surface area contributed by atoms with Crippen LogP contribution < -0.4 is 15.0 Å². The molecule has 3 heterocycles. The topological polar surface area (TPSA) is 100 Å². The van der Waals surface area contributed by atoms with Crippen molar-refractivity contribution in [2.45, 2.75) is 25.0 Å². The number of carbonyl (C=O) groups excluding carboxylic acids is 1. The van der Waals surface area contributed by atoms with Gasteiger partial charge in [-0.25, -0.2) is 4.98 Å². The number of morpholine rings is 1. The number of benzene rings is 1. The van der Waals surface area contributed by atoms with Crippen LogP contribution in [0.3, 0.4) is 0 Å². The van der Waals surface area contributed by atoms with Crippen LogP contribution in [0.15, 0.2) is 42.9 Å². The number of amides is 1. The highest BCUT2D eigenvalue weighted by atomic mass is 16.5. The molecule has 9 nitrogen and oxygen atoms in total. The van der Waals surface area contributed by atoms with Gasteiger partial charge in [-0.3, -0.25) is 9.78 Å². The van der Waals surface area contributed by atoms with Gasteiger partial charge in [0, 0.05) is 51.7 Å². The first-order valence-corrected chi connectivity index (χ1v) is 11.1. The van der Waals surface area contributed by atoms with Crippen LogP contribution in [0.2, 0.25) is 0 Å². The zero-order valence-electron chi connectivity index (χ0n) is 18.3. The Bertz CT molecular complexity index is 860. The Kier molecular flexibility index (Phi) is 7.51. The van der Waals surface area contributed by atoms with Gasteiger partial charge < -0.3 is 29.7 Å². The highest BCUT2D eigenvalue weighted by Crippen LogP contribution is 2.24. The summed E-state index contributed by atoms with van der Waals surface area (Å²) in [5.41, 5.74) is 0.278. The van der Waals surface area contributed by atoms with E-state index in [1.807, 2.05) is 24.3 Å². The molecule has 4 rings (SSSR count). The van der Waals surface area contributed by atoms with E-state index in [2.05, 4.69) is 20.2 Å². The van der Waals surface area contributed by atoms with Gasteiger partial charge in [-0.05, 0) is 30.5 Å². The predicted molar refractivity (Wildman–Crippen MR) is 119 cm³/mol. The van der Waals surface area contributed by atoms with Crippen LogP contribution >= 0.6 is 0 Å². The van der Waals surface area contributed by atoms with E-state index in [0.29, 0.717) is 51.7 Å². The molecule has 0 saturated carbocycles. The summed E-state index contributed by atoms with van der Waals surface area (Å²) in [6, 6.07) is 7.68. The minimum Gasteiger partial charge on any atom is -0.484 e. The van der Waals surface area contributed by atoms with Gasteiger partial charge in [0.25, 0.3) is 5.91 Å². The number of β-amino-alcohol motifs (C(OH)–C–C–N with tert-alkyl or cyclic N) is 1. The molecule has 32 heavy (non-hydrogen) atoms. The second-order valence-corrected chi connectivity index (χ2v) is 8.34. The number of piperidine rings is 1. The SMILES string of the molecule is O=C(COc1ccc(CNC[C@@]2(O)CCCN(c3cnccn3)C2)cc1)N1CCOCC1. The number of rotatable bonds is 8.